The van der Waals surface area contributed by atoms with Gasteiger partial charge >= 0.3 is 0 Å². The zero-order valence-electron chi connectivity index (χ0n) is 28.9. The fourth-order valence-corrected chi connectivity index (χ4v) is 11.9. The second-order valence-electron chi connectivity index (χ2n) is 16.1. The van der Waals surface area contributed by atoms with Crippen LogP contribution in [0.5, 0.6) is 5.75 Å². The molecule has 4 rings (SSSR count). The summed E-state index contributed by atoms with van der Waals surface area (Å²) in [5.41, 5.74) is 6.35. The van der Waals surface area contributed by atoms with Crippen molar-refractivity contribution < 1.29 is 8.95 Å². The van der Waals surface area contributed by atoms with E-state index in [2.05, 4.69) is 103 Å². The SMILES string of the molecule is COc1c(C(C)(C)C)cc([C@H](N[S@](=O)C(C)(C)C)c2ccccc2P(C2CCCCC2)C2CCCCC2)cc1C(C)(C)C. The molecule has 240 valence electrons. The first-order chi connectivity index (χ1) is 20.1. The van der Waals surface area contributed by atoms with Crippen molar-refractivity contribution in [1.82, 2.24) is 4.72 Å². The summed E-state index contributed by atoms with van der Waals surface area (Å²) < 4.78 is 23.5. The van der Waals surface area contributed by atoms with Crippen molar-refractivity contribution in [1.29, 1.82) is 0 Å². The molecule has 2 aromatic carbocycles. The quantitative estimate of drug-likeness (QED) is 0.297. The summed E-state index contributed by atoms with van der Waals surface area (Å²) in [7, 11) is 0.248. The molecule has 0 saturated heterocycles. The molecule has 0 aliphatic heterocycles. The van der Waals surface area contributed by atoms with Crippen molar-refractivity contribution in [3.05, 3.63) is 58.7 Å². The van der Waals surface area contributed by atoms with Crippen molar-refractivity contribution in [2.24, 2.45) is 0 Å². The van der Waals surface area contributed by atoms with Gasteiger partial charge in [-0.05, 0) is 97.2 Å². The van der Waals surface area contributed by atoms with Crippen LogP contribution in [0.3, 0.4) is 0 Å². The molecule has 0 unspecified atom stereocenters. The fraction of sp³-hybridized carbons (Fsp3) is 0.684. The van der Waals surface area contributed by atoms with Gasteiger partial charge in [-0.3, -0.25) is 0 Å². The lowest BCUT2D eigenvalue weighted by molar-refractivity contribution is 0.381. The number of hydrogen-bond donors (Lipinski definition) is 1. The highest BCUT2D eigenvalue weighted by Crippen LogP contribution is 2.56. The van der Waals surface area contributed by atoms with Crippen LogP contribution in [0, 0.1) is 0 Å². The van der Waals surface area contributed by atoms with E-state index in [1.807, 2.05) is 0 Å². The summed E-state index contributed by atoms with van der Waals surface area (Å²) >= 11 is 0. The molecule has 2 aliphatic rings. The lowest BCUT2D eigenvalue weighted by atomic mass is 9.77. The van der Waals surface area contributed by atoms with Gasteiger partial charge in [-0.1, -0.05) is 112 Å². The summed E-state index contributed by atoms with van der Waals surface area (Å²) in [5.74, 6) is 0.986. The lowest BCUT2D eigenvalue weighted by Gasteiger charge is -2.40. The molecular formula is C38H60NO2PS. The maximum atomic E-state index is 14.0. The Morgan fingerprint density at radius 1 is 0.767 bits per heavy atom. The van der Waals surface area contributed by atoms with Gasteiger partial charge in [0.1, 0.15) is 5.75 Å². The van der Waals surface area contributed by atoms with Gasteiger partial charge in [-0.2, -0.15) is 0 Å². The minimum atomic E-state index is -1.24. The molecule has 2 aromatic rings. The maximum absolute atomic E-state index is 14.0. The maximum Gasteiger partial charge on any atom is 0.126 e. The van der Waals surface area contributed by atoms with E-state index in [9.17, 15) is 4.21 Å². The Labute approximate surface area is 268 Å². The number of rotatable bonds is 8. The molecule has 2 fully saturated rings. The largest absolute Gasteiger partial charge is 0.496 e. The van der Waals surface area contributed by atoms with E-state index in [1.165, 1.54) is 86.5 Å². The Balaban J connectivity index is 1.97. The van der Waals surface area contributed by atoms with Gasteiger partial charge in [-0.15, -0.1) is 0 Å². The highest BCUT2D eigenvalue weighted by atomic mass is 32.2. The van der Waals surface area contributed by atoms with Crippen LogP contribution >= 0.6 is 7.92 Å². The Bertz CT molecular complexity index is 1190. The minimum Gasteiger partial charge on any atom is -0.496 e. The molecule has 0 heterocycles. The van der Waals surface area contributed by atoms with Crippen LogP contribution in [0.1, 0.15) is 155 Å². The standard InChI is InChI=1S/C38H60NO2PS/c1-36(2,3)31-25-27(26-32(35(31)41-10)37(4,5)6)34(39-43(40)38(7,8)9)30-23-17-18-24-33(30)42(28-19-13-11-14-20-28)29-21-15-12-16-22-29/h17-18,23-26,28-29,34,39H,11-16,19-22H2,1-10H3/t34-,43+/m0/s1. The topological polar surface area (TPSA) is 38.3 Å². The second kappa shape index (κ2) is 14.0. The average molecular weight is 626 g/mol. The Hall–Kier alpha value is -1.22. The third-order valence-corrected chi connectivity index (χ3v) is 14.6. The number of ether oxygens (including phenoxy) is 1. The zero-order valence-corrected chi connectivity index (χ0v) is 30.7. The Morgan fingerprint density at radius 2 is 1.23 bits per heavy atom. The van der Waals surface area contributed by atoms with E-state index >= 15 is 0 Å². The predicted octanol–water partition coefficient (Wildman–Crippen LogP) is 10.2. The summed E-state index contributed by atoms with van der Waals surface area (Å²) in [6, 6.07) is 13.8. The molecular weight excluding hydrogens is 565 g/mol. The molecule has 2 aliphatic carbocycles. The first kappa shape index (κ1) is 34.6. The molecule has 0 bridgehead atoms. The summed E-state index contributed by atoms with van der Waals surface area (Å²) in [6.45, 7) is 19.9. The highest BCUT2D eigenvalue weighted by molar-refractivity contribution is 7.84. The molecule has 0 aromatic heterocycles. The first-order valence-corrected chi connectivity index (χ1v) is 19.5. The number of methoxy groups -OCH3 is 1. The van der Waals surface area contributed by atoms with Crippen molar-refractivity contribution in [3.8, 4) is 5.75 Å². The fourth-order valence-electron chi connectivity index (χ4n) is 7.12. The van der Waals surface area contributed by atoms with Gasteiger partial charge in [0, 0.05) is 11.1 Å². The summed E-state index contributed by atoms with van der Waals surface area (Å²) in [6.07, 6.45) is 13.7. The average Bonchev–Trinajstić information content (AvgIpc) is 2.95. The van der Waals surface area contributed by atoms with Crippen LogP contribution in [0.4, 0.5) is 0 Å². The lowest BCUT2D eigenvalue weighted by Crippen LogP contribution is -2.38. The van der Waals surface area contributed by atoms with Crippen LogP contribution < -0.4 is 14.8 Å². The monoisotopic (exact) mass is 625 g/mol. The minimum absolute atomic E-state index is 0.106. The van der Waals surface area contributed by atoms with Gasteiger partial charge in [-0.25, -0.2) is 8.93 Å². The number of nitrogens with one attached hydrogen (secondary N) is 1. The van der Waals surface area contributed by atoms with E-state index in [4.69, 9.17) is 4.74 Å². The normalized spacial score (nSPS) is 19.4. The van der Waals surface area contributed by atoms with Gasteiger partial charge in [0.15, 0.2) is 0 Å². The molecule has 0 spiro atoms. The molecule has 0 amide bonds. The third-order valence-electron chi connectivity index (χ3n) is 9.51. The molecule has 2 saturated carbocycles. The molecule has 0 radical (unpaired) electrons. The molecule has 3 nitrogen and oxygen atoms in total. The molecule has 43 heavy (non-hydrogen) atoms. The number of benzene rings is 2. The van der Waals surface area contributed by atoms with Crippen molar-refractivity contribution in [3.63, 3.8) is 0 Å². The van der Waals surface area contributed by atoms with E-state index in [0.29, 0.717) is 0 Å². The molecule has 5 heteroatoms. The van der Waals surface area contributed by atoms with E-state index in [0.717, 1.165) is 17.1 Å². The first-order valence-electron chi connectivity index (χ1n) is 16.9. The van der Waals surface area contributed by atoms with Crippen molar-refractivity contribution in [2.75, 3.05) is 7.11 Å². The van der Waals surface area contributed by atoms with Crippen LogP contribution in [0.25, 0.3) is 0 Å². The van der Waals surface area contributed by atoms with Crippen molar-refractivity contribution in [2.45, 2.75) is 159 Å². The van der Waals surface area contributed by atoms with Crippen LogP contribution in [0.15, 0.2) is 36.4 Å². The third kappa shape index (κ3) is 8.33. The van der Waals surface area contributed by atoms with Gasteiger partial charge in [0.2, 0.25) is 0 Å². The predicted molar refractivity (Wildman–Crippen MR) is 190 cm³/mol. The van der Waals surface area contributed by atoms with Crippen LogP contribution in [-0.4, -0.2) is 27.4 Å². The Morgan fingerprint density at radius 3 is 1.65 bits per heavy atom. The summed E-state index contributed by atoms with van der Waals surface area (Å²) in [5, 5.41) is 1.56. The van der Waals surface area contributed by atoms with Gasteiger partial charge in [0.05, 0.1) is 28.9 Å². The Kier molecular flexibility index (Phi) is 11.3. The van der Waals surface area contributed by atoms with Gasteiger partial charge in [0.25, 0.3) is 0 Å². The van der Waals surface area contributed by atoms with Crippen molar-refractivity contribution >= 4 is 24.2 Å². The summed E-state index contributed by atoms with van der Waals surface area (Å²) in [4.78, 5) is 0. The van der Waals surface area contributed by atoms with E-state index < -0.39 is 11.0 Å². The zero-order chi connectivity index (χ0) is 31.6. The van der Waals surface area contributed by atoms with Gasteiger partial charge < -0.3 is 4.74 Å². The number of hydrogen-bond acceptors (Lipinski definition) is 2. The molecule has 2 atom stereocenters. The smallest absolute Gasteiger partial charge is 0.126 e. The van der Waals surface area contributed by atoms with Crippen LogP contribution in [-0.2, 0) is 21.8 Å². The van der Waals surface area contributed by atoms with Crippen LogP contribution in [0.2, 0.25) is 0 Å². The van der Waals surface area contributed by atoms with E-state index in [1.54, 1.807) is 12.4 Å². The second-order valence-corrected chi connectivity index (χ2v) is 20.9. The van der Waals surface area contributed by atoms with E-state index in [-0.39, 0.29) is 29.5 Å². The molecule has 1 N–H and O–H groups in total. The highest BCUT2D eigenvalue weighted by Gasteiger charge is 2.37.